The number of fused-ring (bicyclic) bond motifs is 1. The van der Waals surface area contributed by atoms with E-state index >= 15 is 0 Å². The molecule has 2 amide bonds. The van der Waals surface area contributed by atoms with Crippen LogP contribution >= 0.6 is 11.6 Å². The third kappa shape index (κ3) is 2.59. The maximum absolute atomic E-state index is 12.3. The average Bonchev–Trinajstić information content (AvgIpc) is 3.14. The van der Waals surface area contributed by atoms with Crippen molar-refractivity contribution in [3.8, 4) is 0 Å². The number of halogens is 1. The van der Waals surface area contributed by atoms with Crippen molar-refractivity contribution in [3.63, 3.8) is 0 Å². The molecule has 3 atom stereocenters. The topological polar surface area (TPSA) is 102 Å². The Hall–Kier alpha value is -2.97. The Kier molecular flexibility index (Phi) is 3.86. The number of anilines is 1. The average molecular weight is 374 g/mol. The molecule has 0 saturated carbocycles. The van der Waals surface area contributed by atoms with Crippen LogP contribution in [0.15, 0.2) is 48.5 Å². The highest BCUT2D eigenvalue weighted by Gasteiger charge is 2.56. The Labute approximate surface area is 152 Å². The number of nitro benzene ring substituents is 1. The van der Waals surface area contributed by atoms with Crippen LogP contribution in [-0.2, 0) is 14.4 Å². The lowest BCUT2D eigenvalue weighted by Crippen LogP contribution is -2.33. The number of hydrogen-bond donors (Lipinski definition) is 1. The van der Waals surface area contributed by atoms with Gasteiger partial charge in [-0.25, -0.2) is 5.06 Å². The number of hydrogen-bond acceptors (Lipinski definition) is 6. The molecule has 8 nitrogen and oxygen atoms in total. The van der Waals surface area contributed by atoms with Gasteiger partial charge in [0.05, 0.1) is 16.7 Å². The van der Waals surface area contributed by atoms with Crippen LogP contribution < -0.4 is 10.4 Å². The predicted octanol–water partition coefficient (Wildman–Crippen LogP) is 2.38. The summed E-state index contributed by atoms with van der Waals surface area (Å²) in [4.78, 5) is 40.5. The Morgan fingerprint density at radius 1 is 1.04 bits per heavy atom. The lowest BCUT2D eigenvalue weighted by atomic mass is 9.90. The molecule has 0 aromatic heterocycles. The van der Waals surface area contributed by atoms with Crippen LogP contribution in [0.3, 0.4) is 0 Å². The van der Waals surface area contributed by atoms with Crippen molar-refractivity contribution < 1.29 is 19.3 Å². The minimum absolute atomic E-state index is 0.0609. The number of rotatable bonds is 3. The highest BCUT2D eigenvalue weighted by Crippen LogP contribution is 2.44. The van der Waals surface area contributed by atoms with Crippen molar-refractivity contribution in [1.82, 2.24) is 5.32 Å². The molecule has 2 aliphatic rings. The van der Waals surface area contributed by atoms with Crippen molar-refractivity contribution in [2.75, 3.05) is 5.06 Å². The Bertz CT molecular complexity index is 900. The van der Waals surface area contributed by atoms with E-state index in [4.69, 9.17) is 16.4 Å². The zero-order chi connectivity index (χ0) is 18.4. The maximum Gasteiger partial charge on any atom is 0.269 e. The monoisotopic (exact) mass is 373 g/mol. The van der Waals surface area contributed by atoms with Crippen LogP contribution in [0.5, 0.6) is 0 Å². The summed E-state index contributed by atoms with van der Waals surface area (Å²) in [7, 11) is 0. The van der Waals surface area contributed by atoms with Crippen LogP contribution in [-0.4, -0.2) is 22.8 Å². The predicted molar refractivity (Wildman–Crippen MR) is 91.3 cm³/mol. The number of nitrogens with one attached hydrogen (secondary N) is 1. The lowest BCUT2D eigenvalue weighted by molar-refractivity contribution is -0.384. The Balaban J connectivity index is 1.77. The summed E-state index contributed by atoms with van der Waals surface area (Å²) in [5.41, 5.74) is 1.19. The standard InChI is InChI=1S/C17H12ClN3O5/c18-10-3-7-11(8-4-10)20-14(9-1-5-12(6-2-9)21(24)25)13-15(26-20)17(23)19-16(13)22/h1-8,13-15H,(H,19,22,23)/t13-,14+,15+/m0/s1. The van der Waals surface area contributed by atoms with Crippen molar-refractivity contribution in [2.45, 2.75) is 12.1 Å². The summed E-state index contributed by atoms with van der Waals surface area (Å²) in [5.74, 6) is -1.68. The third-order valence-corrected chi connectivity index (χ3v) is 4.73. The van der Waals surface area contributed by atoms with E-state index in [1.165, 1.54) is 17.2 Å². The smallest absolute Gasteiger partial charge is 0.269 e. The SMILES string of the molecule is O=C1NC(=O)[C@@H]2ON(c3ccc(Cl)cc3)[C@H](c3ccc([N+](=O)[O-])cc3)[C@H]12. The minimum Gasteiger partial charge on any atom is -0.294 e. The first kappa shape index (κ1) is 16.5. The van der Waals surface area contributed by atoms with Gasteiger partial charge in [0.15, 0.2) is 6.10 Å². The number of carbonyl (C=O) groups is 2. The van der Waals surface area contributed by atoms with Gasteiger partial charge in [-0.2, -0.15) is 0 Å². The normalized spacial score (nSPS) is 24.5. The first-order valence-electron chi connectivity index (χ1n) is 7.76. The summed E-state index contributed by atoms with van der Waals surface area (Å²) in [6.45, 7) is 0. The molecule has 1 N–H and O–H groups in total. The fourth-order valence-electron chi connectivity index (χ4n) is 3.28. The molecule has 2 saturated heterocycles. The quantitative estimate of drug-likeness (QED) is 0.503. The molecular weight excluding hydrogens is 362 g/mol. The van der Waals surface area contributed by atoms with E-state index in [0.29, 0.717) is 16.3 Å². The van der Waals surface area contributed by atoms with Crippen LogP contribution in [0.25, 0.3) is 0 Å². The van der Waals surface area contributed by atoms with Gasteiger partial charge in [0.1, 0.15) is 5.92 Å². The summed E-state index contributed by atoms with van der Waals surface area (Å²) in [5, 5.41) is 15.2. The molecule has 4 rings (SSSR count). The molecule has 2 aromatic rings. The Morgan fingerprint density at radius 2 is 1.69 bits per heavy atom. The summed E-state index contributed by atoms with van der Waals surface area (Å²) >= 11 is 5.92. The van der Waals surface area contributed by atoms with Crippen molar-refractivity contribution in [2.24, 2.45) is 5.92 Å². The molecular formula is C17H12ClN3O5. The second kappa shape index (κ2) is 6.08. The van der Waals surface area contributed by atoms with Gasteiger partial charge in [-0.1, -0.05) is 23.7 Å². The molecule has 2 fully saturated rings. The molecule has 9 heteroatoms. The van der Waals surface area contributed by atoms with Gasteiger partial charge in [-0.3, -0.25) is 29.9 Å². The van der Waals surface area contributed by atoms with Crippen LogP contribution in [0.1, 0.15) is 11.6 Å². The van der Waals surface area contributed by atoms with E-state index in [0.717, 1.165) is 0 Å². The van der Waals surface area contributed by atoms with Crippen LogP contribution in [0, 0.1) is 16.0 Å². The van der Waals surface area contributed by atoms with Crippen molar-refractivity contribution in [1.29, 1.82) is 0 Å². The van der Waals surface area contributed by atoms with E-state index in [2.05, 4.69) is 5.32 Å². The number of amides is 2. The first-order chi connectivity index (χ1) is 12.5. The molecule has 0 radical (unpaired) electrons. The summed E-state index contributed by atoms with van der Waals surface area (Å²) in [6.07, 6.45) is -0.946. The second-order valence-electron chi connectivity index (χ2n) is 6.00. The number of non-ortho nitro benzene ring substituents is 1. The molecule has 132 valence electrons. The maximum atomic E-state index is 12.3. The molecule has 0 aliphatic carbocycles. The van der Waals surface area contributed by atoms with Gasteiger partial charge in [0.25, 0.3) is 11.6 Å². The van der Waals surface area contributed by atoms with Gasteiger partial charge in [-0.05, 0) is 29.8 Å². The van der Waals surface area contributed by atoms with E-state index in [-0.39, 0.29) is 5.69 Å². The Morgan fingerprint density at radius 3 is 2.31 bits per heavy atom. The molecule has 2 heterocycles. The van der Waals surface area contributed by atoms with E-state index < -0.39 is 34.8 Å². The second-order valence-corrected chi connectivity index (χ2v) is 6.44. The van der Waals surface area contributed by atoms with Gasteiger partial charge in [-0.15, -0.1) is 0 Å². The number of carbonyl (C=O) groups excluding carboxylic acids is 2. The van der Waals surface area contributed by atoms with E-state index in [1.807, 2.05) is 0 Å². The number of benzene rings is 2. The number of nitrogens with zero attached hydrogens (tertiary/aromatic N) is 2. The molecule has 0 bridgehead atoms. The lowest BCUT2D eigenvalue weighted by Gasteiger charge is -2.27. The third-order valence-electron chi connectivity index (χ3n) is 4.48. The number of imide groups is 1. The highest BCUT2D eigenvalue weighted by molar-refractivity contribution is 6.30. The van der Waals surface area contributed by atoms with Gasteiger partial charge < -0.3 is 0 Å². The van der Waals surface area contributed by atoms with Crippen LogP contribution in [0.2, 0.25) is 5.02 Å². The molecule has 2 aromatic carbocycles. The van der Waals surface area contributed by atoms with Crippen molar-refractivity contribution in [3.05, 3.63) is 69.2 Å². The van der Waals surface area contributed by atoms with E-state index in [1.54, 1.807) is 36.4 Å². The minimum atomic E-state index is -0.946. The van der Waals surface area contributed by atoms with Gasteiger partial charge in [0, 0.05) is 17.2 Å². The molecule has 2 aliphatic heterocycles. The largest absolute Gasteiger partial charge is 0.294 e. The zero-order valence-electron chi connectivity index (χ0n) is 13.2. The summed E-state index contributed by atoms with van der Waals surface area (Å²) in [6, 6.07) is 12.0. The highest BCUT2D eigenvalue weighted by atomic mass is 35.5. The summed E-state index contributed by atoms with van der Waals surface area (Å²) < 4.78 is 0. The molecule has 0 unspecified atom stereocenters. The number of hydroxylamine groups is 1. The first-order valence-corrected chi connectivity index (χ1v) is 8.14. The molecule has 0 spiro atoms. The van der Waals surface area contributed by atoms with Gasteiger partial charge in [0.2, 0.25) is 5.91 Å². The fraction of sp³-hybridized carbons (Fsp3) is 0.176. The van der Waals surface area contributed by atoms with E-state index in [9.17, 15) is 19.7 Å². The fourth-order valence-corrected chi connectivity index (χ4v) is 3.40. The van der Waals surface area contributed by atoms with Crippen LogP contribution in [0.4, 0.5) is 11.4 Å². The number of nitro groups is 1. The molecule has 26 heavy (non-hydrogen) atoms. The van der Waals surface area contributed by atoms with Crippen molar-refractivity contribution >= 4 is 34.8 Å². The van der Waals surface area contributed by atoms with Gasteiger partial charge >= 0.3 is 0 Å². The zero-order valence-corrected chi connectivity index (χ0v) is 13.9.